The van der Waals surface area contributed by atoms with Crippen molar-refractivity contribution in [1.82, 2.24) is 4.90 Å². The minimum atomic E-state index is -0.679. The SMILES string of the molecule is O[C@@H](COCc1ccccc1)CN(Cc1ccc(F)cc1)C[C@H]1CC(c2ccc(Cl)cc2)=NO1. The fourth-order valence-electron chi connectivity index (χ4n) is 3.92. The van der Waals surface area contributed by atoms with Gasteiger partial charge in [0.2, 0.25) is 0 Å². The molecule has 7 heteroatoms. The number of rotatable bonds is 11. The Balaban J connectivity index is 1.33. The van der Waals surface area contributed by atoms with Gasteiger partial charge in [-0.2, -0.15) is 0 Å². The summed E-state index contributed by atoms with van der Waals surface area (Å²) in [6.07, 6.45) is -0.173. The third kappa shape index (κ3) is 7.37. The van der Waals surface area contributed by atoms with E-state index in [0.717, 1.165) is 22.4 Å². The second kappa shape index (κ2) is 12.1. The van der Waals surface area contributed by atoms with E-state index in [2.05, 4.69) is 10.1 Å². The summed E-state index contributed by atoms with van der Waals surface area (Å²) in [7, 11) is 0. The summed E-state index contributed by atoms with van der Waals surface area (Å²) < 4.78 is 19.1. The first-order valence-corrected chi connectivity index (χ1v) is 11.7. The number of hydrogen-bond acceptors (Lipinski definition) is 5. The van der Waals surface area contributed by atoms with E-state index in [1.54, 1.807) is 12.1 Å². The Morgan fingerprint density at radius 3 is 2.50 bits per heavy atom. The van der Waals surface area contributed by atoms with E-state index in [4.69, 9.17) is 21.2 Å². The standard InChI is InChI=1S/C27H28ClFN2O3/c28-23-10-8-22(9-11-23)27-14-26(34-30-27)17-31(15-20-6-12-24(29)13-7-20)16-25(32)19-33-18-21-4-2-1-3-5-21/h1-13,25-26,32H,14-19H2/t25-,26-/m1/s1. The molecule has 1 aliphatic heterocycles. The smallest absolute Gasteiger partial charge is 0.145 e. The molecule has 3 aromatic rings. The zero-order chi connectivity index (χ0) is 23.8. The molecule has 0 saturated heterocycles. The molecule has 0 saturated carbocycles. The maximum Gasteiger partial charge on any atom is 0.145 e. The second-order valence-corrected chi connectivity index (χ2v) is 8.89. The highest BCUT2D eigenvalue weighted by atomic mass is 35.5. The molecule has 1 aliphatic rings. The fraction of sp³-hybridized carbons (Fsp3) is 0.296. The van der Waals surface area contributed by atoms with E-state index in [-0.39, 0.29) is 18.5 Å². The molecule has 0 unspecified atom stereocenters. The normalized spacial score (nSPS) is 16.4. The van der Waals surface area contributed by atoms with Crippen molar-refractivity contribution in [3.63, 3.8) is 0 Å². The number of nitrogens with zero attached hydrogens (tertiary/aromatic N) is 2. The van der Waals surface area contributed by atoms with Crippen LogP contribution < -0.4 is 0 Å². The Hall–Kier alpha value is -2.77. The van der Waals surface area contributed by atoms with Gasteiger partial charge in [0, 0.05) is 31.1 Å². The molecular weight excluding hydrogens is 455 g/mol. The lowest BCUT2D eigenvalue weighted by molar-refractivity contribution is -0.00649. The zero-order valence-corrected chi connectivity index (χ0v) is 19.6. The quantitative estimate of drug-likeness (QED) is 0.415. The van der Waals surface area contributed by atoms with Gasteiger partial charge in [0.1, 0.15) is 11.9 Å². The van der Waals surface area contributed by atoms with Gasteiger partial charge < -0.3 is 14.7 Å². The lowest BCUT2D eigenvalue weighted by Crippen LogP contribution is -2.39. The van der Waals surface area contributed by atoms with Gasteiger partial charge in [0.25, 0.3) is 0 Å². The summed E-state index contributed by atoms with van der Waals surface area (Å²) in [6, 6.07) is 23.8. The molecule has 4 rings (SSSR count). The molecule has 0 spiro atoms. The molecule has 5 nitrogen and oxygen atoms in total. The Morgan fingerprint density at radius 1 is 1.03 bits per heavy atom. The summed E-state index contributed by atoms with van der Waals surface area (Å²) in [6.45, 7) is 2.16. The Labute approximate surface area is 204 Å². The lowest BCUT2D eigenvalue weighted by atomic mass is 10.0. The summed E-state index contributed by atoms with van der Waals surface area (Å²) in [4.78, 5) is 7.79. The van der Waals surface area contributed by atoms with E-state index in [0.29, 0.717) is 37.7 Å². The van der Waals surface area contributed by atoms with Crippen molar-refractivity contribution in [2.45, 2.75) is 31.8 Å². The predicted molar refractivity (Wildman–Crippen MR) is 131 cm³/mol. The highest BCUT2D eigenvalue weighted by Crippen LogP contribution is 2.20. The van der Waals surface area contributed by atoms with Crippen LogP contribution in [0.3, 0.4) is 0 Å². The van der Waals surface area contributed by atoms with Crippen LogP contribution in [-0.4, -0.2) is 47.6 Å². The molecule has 0 aromatic heterocycles. The van der Waals surface area contributed by atoms with Crippen molar-refractivity contribution in [2.24, 2.45) is 5.16 Å². The number of hydrogen-bond donors (Lipinski definition) is 1. The number of aliphatic hydroxyl groups excluding tert-OH is 1. The third-order valence-corrected chi connectivity index (χ3v) is 5.83. The van der Waals surface area contributed by atoms with Gasteiger partial charge in [-0.1, -0.05) is 71.4 Å². The van der Waals surface area contributed by atoms with Crippen LogP contribution in [0.5, 0.6) is 0 Å². The molecule has 2 atom stereocenters. The van der Waals surface area contributed by atoms with Gasteiger partial charge in [-0.15, -0.1) is 0 Å². The monoisotopic (exact) mass is 482 g/mol. The van der Waals surface area contributed by atoms with Gasteiger partial charge >= 0.3 is 0 Å². The first-order valence-electron chi connectivity index (χ1n) is 11.3. The zero-order valence-electron chi connectivity index (χ0n) is 18.8. The molecule has 0 radical (unpaired) electrons. The van der Waals surface area contributed by atoms with Crippen molar-refractivity contribution >= 4 is 17.3 Å². The first kappa shape index (κ1) is 24.4. The molecule has 0 bridgehead atoms. The van der Waals surface area contributed by atoms with Crippen LogP contribution in [0, 0.1) is 5.82 Å². The second-order valence-electron chi connectivity index (χ2n) is 8.45. The topological polar surface area (TPSA) is 54.3 Å². The molecular formula is C27H28ClFN2O3. The van der Waals surface area contributed by atoms with E-state index in [1.165, 1.54) is 12.1 Å². The van der Waals surface area contributed by atoms with Crippen molar-refractivity contribution in [3.05, 3.63) is 106 Å². The molecule has 0 aliphatic carbocycles. The van der Waals surface area contributed by atoms with Crippen LogP contribution in [-0.2, 0) is 22.7 Å². The highest BCUT2D eigenvalue weighted by Gasteiger charge is 2.26. The van der Waals surface area contributed by atoms with E-state index in [1.807, 2.05) is 54.6 Å². The summed E-state index contributed by atoms with van der Waals surface area (Å²) >= 11 is 5.99. The summed E-state index contributed by atoms with van der Waals surface area (Å²) in [5, 5.41) is 15.6. The van der Waals surface area contributed by atoms with Crippen LogP contribution in [0.25, 0.3) is 0 Å². The highest BCUT2D eigenvalue weighted by molar-refractivity contribution is 6.30. The fourth-order valence-corrected chi connectivity index (χ4v) is 4.04. The van der Waals surface area contributed by atoms with Crippen molar-refractivity contribution in [1.29, 1.82) is 0 Å². The molecule has 1 heterocycles. The number of halogens is 2. The van der Waals surface area contributed by atoms with Crippen LogP contribution in [0.1, 0.15) is 23.1 Å². The van der Waals surface area contributed by atoms with Crippen molar-refractivity contribution in [2.75, 3.05) is 19.7 Å². The number of oxime groups is 1. The molecule has 0 fully saturated rings. The Kier molecular flexibility index (Phi) is 8.66. The maximum atomic E-state index is 13.4. The summed E-state index contributed by atoms with van der Waals surface area (Å²) in [5.74, 6) is -0.273. The van der Waals surface area contributed by atoms with Crippen LogP contribution in [0.4, 0.5) is 4.39 Å². The average Bonchev–Trinajstić information content (AvgIpc) is 3.30. The van der Waals surface area contributed by atoms with Gasteiger partial charge in [0.05, 0.1) is 25.0 Å². The molecule has 0 amide bonds. The molecule has 3 aromatic carbocycles. The maximum absolute atomic E-state index is 13.4. The Bertz CT molecular complexity index is 1060. The van der Waals surface area contributed by atoms with Gasteiger partial charge in [-0.3, -0.25) is 4.90 Å². The third-order valence-electron chi connectivity index (χ3n) is 5.58. The Morgan fingerprint density at radius 2 is 1.76 bits per heavy atom. The molecule has 34 heavy (non-hydrogen) atoms. The number of aliphatic hydroxyl groups is 1. The summed E-state index contributed by atoms with van der Waals surface area (Å²) in [5.41, 5.74) is 3.86. The van der Waals surface area contributed by atoms with Crippen LogP contribution >= 0.6 is 11.6 Å². The van der Waals surface area contributed by atoms with Gasteiger partial charge in [-0.05, 0) is 41.0 Å². The minimum Gasteiger partial charge on any atom is -0.390 e. The molecule has 178 valence electrons. The minimum absolute atomic E-state index is 0.149. The van der Waals surface area contributed by atoms with Crippen LogP contribution in [0.15, 0.2) is 84.0 Å². The average molecular weight is 483 g/mol. The van der Waals surface area contributed by atoms with E-state index >= 15 is 0 Å². The molecule has 1 N–H and O–H groups in total. The van der Waals surface area contributed by atoms with Crippen molar-refractivity contribution in [3.8, 4) is 0 Å². The number of ether oxygens (including phenoxy) is 1. The van der Waals surface area contributed by atoms with E-state index < -0.39 is 6.10 Å². The van der Waals surface area contributed by atoms with Crippen LogP contribution in [0.2, 0.25) is 5.02 Å². The van der Waals surface area contributed by atoms with Crippen molar-refractivity contribution < 1.29 is 19.1 Å². The lowest BCUT2D eigenvalue weighted by Gasteiger charge is -2.27. The van der Waals surface area contributed by atoms with Gasteiger partial charge in [-0.25, -0.2) is 4.39 Å². The first-order chi connectivity index (χ1) is 16.5. The van der Waals surface area contributed by atoms with E-state index in [9.17, 15) is 9.50 Å². The predicted octanol–water partition coefficient (Wildman–Crippen LogP) is 5.05. The van der Waals surface area contributed by atoms with Gasteiger partial charge in [0.15, 0.2) is 0 Å². The number of benzene rings is 3. The largest absolute Gasteiger partial charge is 0.390 e.